The fourth-order valence-corrected chi connectivity index (χ4v) is 1.71. The van der Waals surface area contributed by atoms with E-state index >= 15 is 0 Å². The summed E-state index contributed by atoms with van der Waals surface area (Å²) in [6.07, 6.45) is -2.55. The van der Waals surface area contributed by atoms with Gasteiger partial charge in [-0.3, -0.25) is 5.10 Å². The maximum Gasteiger partial charge on any atom is 0.416 e. The summed E-state index contributed by atoms with van der Waals surface area (Å²) in [5, 5.41) is 9.88. The minimum absolute atomic E-state index is 0.517. The maximum atomic E-state index is 12.4. The number of benzene rings is 1. The number of alkyl halides is 3. The van der Waals surface area contributed by atoms with Gasteiger partial charge in [0.1, 0.15) is 0 Å². The Balaban J connectivity index is 1.89. The van der Waals surface area contributed by atoms with E-state index in [9.17, 15) is 13.2 Å². The second kappa shape index (κ2) is 5.44. The van der Waals surface area contributed by atoms with E-state index in [1.54, 1.807) is 6.20 Å². The molecule has 0 aliphatic rings. The van der Waals surface area contributed by atoms with Gasteiger partial charge in [-0.05, 0) is 24.6 Å². The molecule has 19 heavy (non-hydrogen) atoms. The molecule has 1 aromatic carbocycles. The Morgan fingerprint density at radius 2 is 1.84 bits per heavy atom. The first-order valence-electron chi connectivity index (χ1n) is 5.82. The lowest BCUT2D eigenvalue weighted by atomic mass is 10.1. The van der Waals surface area contributed by atoms with Gasteiger partial charge in [-0.25, -0.2) is 0 Å². The highest BCUT2D eigenvalue weighted by Crippen LogP contribution is 2.29. The Morgan fingerprint density at radius 1 is 1.16 bits per heavy atom. The summed E-state index contributed by atoms with van der Waals surface area (Å²) >= 11 is 0. The molecule has 0 saturated carbocycles. The second-order valence-electron chi connectivity index (χ2n) is 4.32. The van der Waals surface area contributed by atoms with Crippen LogP contribution in [0.25, 0.3) is 0 Å². The first kappa shape index (κ1) is 13.6. The molecule has 0 amide bonds. The van der Waals surface area contributed by atoms with Crippen molar-refractivity contribution < 1.29 is 13.2 Å². The minimum Gasteiger partial charge on any atom is -0.308 e. The fourth-order valence-electron chi connectivity index (χ4n) is 1.71. The molecule has 0 aliphatic carbocycles. The van der Waals surface area contributed by atoms with Crippen LogP contribution in [0.4, 0.5) is 13.2 Å². The van der Waals surface area contributed by atoms with Crippen molar-refractivity contribution in [2.24, 2.45) is 0 Å². The first-order valence-corrected chi connectivity index (χ1v) is 5.82. The summed E-state index contributed by atoms with van der Waals surface area (Å²) in [5.74, 6) is 0. The lowest BCUT2D eigenvalue weighted by Gasteiger charge is -2.08. The van der Waals surface area contributed by atoms with Gasteiger partial charge in [0.25, 0.3) is 0 Å². The smallest absolute Gasteiger partial charge is 0.308 e. The van der Waals surface area contributed by atoms with Crippen LogP contribution in [0.1, 0.15) is 22.4 Å². The van der Waals surface area contributed by atoms with Crippen LogP contribution in [0, 0.1) is 6.92 Å². The molecule has 2 rings (SSSR count). The molecule has 0 unspecified atom stereocenters. The lowest BCUT2D eigenvalue weighted by molar-refractivity contribution is -0.137. The number of hydrogen-bond acceptors (Lipinski definition) is 2. The lowest BCUT2D eigenvalue weighted by Crippen LogP contribution is -2.13. The number of nitrogens with one attached hydrogen (secondary N) is 2. The van der Waals surface area contributed by atoms with E-state index < -0.39 is 11.7 Å². The van der Waals surface area contributed by atoms with Crippen molar-refractivity contribution in [3.05, 3.63) is 52.8 Å². The van der Waals surface area contributed by atoms with Gasteiger partial charge in [0.05, 0.1) is 11.8 Å². The molecular weight excluding hydrogens is 255 g/mol. The highest BCUT2D eigenvalue weighted by Gasteiger charge is 2.29. The van der Waals surface area contributed by atoms with Crippen LogP contribution < -0.4 is 5.32 Å². The molecular formula is C13H14F3N3. The predicted octanol–water partition coefficient (Wildman–Crippen LogP) is 3.03. The maximum absolute atomic E-state index is 12.4. The Hall–Kier alpha value is -1.82. The van der Waals surface area contributed by atoms with E-state index in [0.29, 0.717) is 13.1 Å². The summed E-state index contributed by atoms with van der Waals surface area (Å²) < 4.78 is 37.1. The Morgan fingerprint density at radius 3 is 2.37 bits per heavy atom. The molecule has 1 aromatic heterocycles. The number of hydrogen-bond donors (Lipinski definition) is 2. The van der Waals surface area contributed by atoms with E-state index in [1.807, 2.05) is 6.92 Å². The zero-order valence-electron chi connectivity index (χ0n) is 10.4. The zero-order valence-corrected chi connectivity index (χ0v) is 10.4. The Kier molecular flexibility index (Phi) is 3.90. The minimum atomic E-state index is -4.28. The molecule has 0 atom stereocenters. The molecule has 3 nitrogen and oxygen atoms in total. The average Bonchev–Trinajstić information content (AvgIpc) is 2.75. The largest absolute Gasteiger partial charge is 0.416 e. The number of aromatic amines is 1. The zero-order chi connectivity index (χ0) is 13.9. The highest BCUT2D eigenvalue weighted by molar-refractivity contribution is 5.24. The van der Waals surface area contributed by atoms with Crippen molar-refractivity contribution in [2.45, 2.75) is 26.2 Å². The van der Waals surface area contributed by atoms with Crippen LogP contribution in [-0.4, -0.2) is 10.2 Å². The number of H-pyrrole nitrogens is 1. The summed E-state index contributed by atoms with van der Waals surface area (Å²) in [7, 11) is 0. The third kappa shape index (κ3) is 3.57. The standard InChI is InChI=1S/C13H14F3N3/c1-9-11(8-18-19-9)7-17-6-10-2-4-12(5-3-10)13(14,15)16/h2-5,8,17H,6-7H2,1H3,(H,18,19). The molecule has 2 aromatic rings. The summed E-state index contributed by atoms with van der Waals surface area (Å²) in [4.78, 5) is 0. The van der Waals surface area contributed by atoms with Gasteiger partial charge in [-0.2, -0.15) is 18.3 Å². The molecule has 0 spiro atoms. The van der Waals surface area contributed by atoms with E-state index in [4.69, 9.17) is 0 Å². The number of aryl methyl sites for hydroxylation is 1. The molecule has 102 valence electrons. The number of nitrogens with zero attached hydrogens (tertiary/aromatic N) is 1. The van der Waals surface area contributed by atoms with Crippen LogP contribution in [-0.2, 0) is 19.3 Å². The van der Waals surface area contributed by atoms with E-state index in [2.05, 4.69) is 15.5 Å². The SMILES string of the molecule is Cc1[nH]ncc1CNCc1ccc(C(F)(F)F)cc1. The quantitative estimate of drug-likeness (QED) is 0.895. The summed E-state index contributed by atoms with van der Waals surface area (Å²) in [6, 6.07) is 5.16. The van der Waals surface area contributed by atoms with Gasteiger partial charge in [0.15, 0.2) is 0 Å². The molecule has 0 fully saturated rings. The molecule has 0 radical (unpaired) electrons. The van der Waals surface area contributed by atoms with Gasteiger partial charge in [-0.1, -0.05) is 12.1 Å². The van der Waals surface area contributed by atoms with Gasteiger partial charge in [-0.15, -0.1) is 0 Å². The second-order valence-corrected chi connectivity index (χ2v) is 4.32. The van der Waals surface area contributed by atoms with Gasteiger partial charge in [0.2, 0.25) is 0 Å². The molecule has 1 heterocycles. The molecule has 2 N–H and O–H groups in total. The normalized spacial score (nSPS) is 11.8. The average molecular weight is 269 g/mol. The van der Waals surface area contributed by atoms with Crippen molar-refractivity contribution in [1.82, 2.24) is 15.5 Å². The number of rotatable bonds is 4. The molecule has 6 heteroatoms. The number of halogens is 3. The Bertz CT molecular complexity index is 529. The van der Waals surface area contributed by atoms with Crippen LogP contribution >= 0.6 is 0 Å². The van der Waals surface area contributed by atoms with Crippen LogP contribution in [0.15, 0.2) is 30.5 Å². The number of aromatic nitrogens is 2. The van der Waals surface area contributed by atoms with Gasteiger partial charge >= 0.3 is 6.18 Å². The van der Waals surface area contributed by atoms with E-state index in [1.165, 1.54) is 12.1 Å². The third-order valence-electron chi connectivity index (χ3n) is 2.86. The predicted molar refractivity (Wildman–Crippen MR) is 65.3 cm³/mol. The molecule has 0 bridgehead atoms. The summed E-state index contributed by atoms with van der Waals surface area (Å²) in [6.45, 7) is 3.06. The molecule has 0 saturated heterocycles. The van der Waals surface area contributed by atoms with E-state index in [0.717, 1.165) is 29.0 Å². The Labute approximate surface area is 108 Å². The molecule has 0 aliphatic heterocycles. The third-order valence-corrected chi connectivity index (χ3v) is 2.86. The fraction of sp³-hybridized carbons (Fsp3) is 0.308. The topological polar surface area (TPSA) is 40.7 Å². The monoisotopic (exact) mass is 269 g/mol. The van der Waals surface area contributed by atoms with Crippen molar-refractivity contribution in [1.29, 1.82) is 0 Å². The van der Waals surface area contributed by atoms with Gasteiger partial charge in [0, 0.05) is 24.3 Å². The van der Waals surface area contributed by atoms with E-state index in [-0.39, 0.29) is 0 Å². The van der Waals surface area contributed by atoms with Gasteiger partial charge < -0.3 is 5.32 Å². The van der Waals surface area contributed by atoms with Crippen molar-refractivity contribution in [3.63, 3.8) is 0 Å². The van der Waals surface area contributed by atoms with Crippen molar-refractivity contribution in [3.8, 4) is 0 Å². The first-order chi connectivity index (χ1) is 8.97. The summed E-state index contributed by atoms with van der Waals surface area (Å²) in [5.41, 5.74) is 2.22. The van der Waals surface area contributed by atoms with Crippen LogP contribution in [0.2, 0.25) is 0 Å². The van der Waals surface area contributed by atoms with Crippen molar-refractivity contribution in [2.75, 3.05) is 0 Å². The van der Waals surface area contributed by atoms with Crippen LogP contribution in [0.3, 0.4) is 0 Å². The highest BCUT2D eigenvalue weighted by atomic mass is 19.4. The van der Waals surface area contributed by atoms with Crippen molar-refractivity contribution >= 4 is 0 Å². The van der Waals surface area contributed by atoms with Crippen LogP contribution in [0.5, 0.6) is 0 Å².